The molecule has 1 heterocycles. The predicted octanol–water partition coefficient (Wildman–Crippen LogP) is 6.93. The van der Waals surface area contributed by atoms with Gasteiger partial charge in [-0.15, -0.1) is 0 Å². The summed E-state index contributed by atoms with van der Waals surface area (Å²) in [5.74, 6) is -0.377. The lowest BCUT2D eigenvalue weighted by Gasteiger charge is -2.23. The lowest BCUT2D eigenvalue weighted by molar-refractivity contribution is -0.141. The molecule has 0 saturated heterocycles. The number of imide groups is 1. The first-order valence-electron chi connectivity index (χ1n) is 11.6. The predicted molar refractivity (Wildman–Crippen MR) is 140 cm³/mol. The van der Waals surface area contributed by atoms with Crippen LogP contribution in [0.1, 0.15) is 58.1 Å². The van der Waals surface area contributed by atoms with Crippen molar-refractivity contribution in [1.82, 2.24) is 0 Å². The fourth-order valence-electron chi connectivity index (χ4n) is 3.69. The van der Waals surface area contributed by atoms with Crippen LogP contribution in [-0.4, -0.2) is 36.8 Å². The number of benzene rings is 2. The zero-order valence-electron chi connectivity index (χ0n) is 20.9. The number of hydrogen-bond donors (Lipinski definition) is 0. The first-order valence-corrected chi connectivity index (χ1v) is 12.3. The quantitative estimate of drug-likeness (QED) is 0.283. The molecule has 9 heteroatoms. The van der Waals surface area contributed by atoms with Crippen molar-refractivity contribution in [3.05, 3.63) is 57.6 Å². The van der Waals surface area contributed by atoms with E-state index in [1.165, 1.54) is 7.11 Å². The maximum absolute atomic E-state index is 13.5. The van der Waals surface area contributed by atoms with Gasteiger partial charge in [0.05, 0.1) is 24.5 Å². The molecule has 1 aliphatic rings. The van der Waals surface area contributed by atoms with Gasteiger partial charge in [0.2, 0.25) is 0 Å². The summed E-state index contributed by atoms with van der Waals surface area (Å²) < 4.78 is 16.4. The SMILES string of the molecule is CCC(CCC(=O)OC)Oc1ccc(Cl)cc1/C=C1\C(=O)N(C(=O)OC(C)(C)C)c2cc(Cl)ccc21. The van der Waals surface area contributed by atoms with Gasteiger partial charge in [-0.2, -0.15) is 0 Å². The normalized spacial score (nSPS) is 15.0. The number of hydrogen-bond acceptors (Lipinski definition) is 6. The van der Waals surface area contributed by atoms with E-state index in [0.29, 0.717) is 45.5 Å². The van der Waals surface area contributed by atoms with Crippen molar-refractivity contribution in [2.45, 2.75) is 58.7 Å². The zero-order chi connectivity index (χ0) is 26.6. The molecule has 0 spiro atoms. The molecule has 192 valence electrons. The van der Waals surface area contributed by atoms with Crippen molar-refractivity contribution in [2.75, 3.05) is 12.0 Å². The number of rotatable bonds is 7. The van der Waals surface area contributed by atoms with E-state index >= 15 is 0 Å². The van der Waals surface area contributed by atoms with E-state index in [0.717, 1.165) is 4.90 Å². The minimum atomic E-state index is -0.796. The first kappa shape index (κ1) is 27.6. The Morgan fingerprint density at radius 1 is 1.08 bits per heavy atom. The molecule has 36 heavy (non-hydrogen) atoms. The number of carbonyl (C=O) groups excluding carboxylic acids is 3. The Morgan fingerprint density at radius 3 is 2.39 bits per heavy atom. The van der Waals surface area contributed by atoms with Gasteiger partial charge in [-0.1, -0.05) is 36.2 Å². The molecule has 0 saturated carbocycles. The topological polar surface area (TPSA) is 82.1 Å². The van der Waals surface area contributed by atoms with Gasteiger partial charge in [0.1, 0.15) is 11.4 Å². The van der Waals surface area contributed by atoms with Gasteiger partial charge >= 0.3 is 12.1 Å². The molecule has 1 atom stereocenters. The van der Waals surface area contributed by atoms with Crippen LogP contribution in [0.5, 0.6) is 5.75 Å². The summed E-state index contributed by atoms with van der Waals surface area (Å²) in [6, 6.07) is 9.95. The zero-order valence-corrected chi connectivity index (χ0v) is 22.4. The Balaban J connectivity index is 2.01. The third kappa shape index (κ3) is 6.59. The van der Waals surface area contributed by atoms with Crippen LogP contribution in [0, 0.1) is 0 Å². The fourth-order valence-corrected chi connectivity index (χ4v) is 4.04. The Hall–Kier alpha value is -3.03. The van der Waals surface area contributed by atoms with E-state index < -0.39 is 17.6 Å². The van der Waals surface area contributed by atoms with Gasteiger partial charge in [-0.25, -0.2) is 9.69 Å². The highest BCUT2D eigenvalue weighted by molar-refractivity contribution is 6.42. The number of carbonyl (C=O) groups is 3. The molecule has 3 rings (SSSR count). The van der Waals surface area contributed by atoms with Crippen molar-refractivity contribution < 1.29 is 28.6 Å². The highest BCUT2D eigenvalue weighted by atomic mass is 35.5. The summed E-state index contributed by atoms with van der Waals surface area (Å²) in [7, 11) is 1.35. The minimum absolute atomic E-state index is 0.219. The van der Waals surface area contributed by atoms with Crippen molar-refractivity contribution in [3.63, 3.8) is 0 Å². The molecule has 0 bridgehead atoms. The van der Waals surface area contributed by atoms with Gasteiger partial charge in [0.15, 0.2) is 0 Å². The number of fused-ring (bicyclic) bond motifs is 1. The largest absolute Gasteiger partial charge is 0.490 e. The van der Waals surface area contributed by atoms with E-state index in [2.05, 4.69) is 0 Å². The van der Waals surface area contributed by atoms with Crippen molar-refractivity contribution >= 4 is 58.5 Å². The average Bonchev–Trinajstić information content (AvgIpc) is 3.06. The summed E-state index contributed by atoms with van der Waals surface area (Å²) in [5.41, 5.74) is 0.882. The third-order valence-corrected chi connectivity index (χ3v) is 5.89. The van der Waals surface area contributed by atoms with Gasteiger partial charge in [0.25, 0.3) is 5.91 Å². The number of methoxy groups -OCH3 is 1. The van der Waals surface area contributed by atoms with E-state index in [1.54, 1.807) is 63.2 Å². The molecule has 1 unspecified atom stereocenters. The third-order valence-electron chi connectivity index (χ3n) is 5.42. The van der Waals surface area contributed by atoms with Crippen molar-refractivity contribution in [3.8, 4) is 5.75 Å². The van der Waals surface area contributed by atoms with Crippen LogP contribution in [0.25, 0.3) is 11.6 Å². The summed E-state index contributed by atoms with van der Waals surface area (Å²) in [6.45, 7) is 7.12. The van der Waals surface area contributed by atoms with Crippen LogP contribution in [0.15, 0.2) is 36.4 Å². The second-order valence-corrected chi connectivity index (χ2v) is 10.2. The van der Waals surface area contributed by atoms with Crippen LogP contribution in [0.4, 0.5) is 10.5 Å². The van der Waals surface area contributed by atoms with Crippen LogP contribution >= 0.6 is 23.2 Å². The fraction of sp³-hybridized carbons (Fsp3) is 0.370. The lowest BCUT2D eigenvalue weighted by Crippen LogP contribution is -2.38. The van der Waals surface area contributed by atoms with E-state index in [-0.39, 0.29) is 24.1 Å². The van der Waals surface area contributed by atoms with Crippen molar-refractivity contribution in [1.29, 1.82) is 0 Å². The Kier molecular flexibility index (Phi) is 8.69. The number of halogens is 2. The molecule has 0 aliphatic carbocycles. The summed E-state index contributed by atoms with van der Waals surface area (Å²) in [4.78, 5) is 39.0. The average molecular weight is 534 g/mol. The molecule has 2 aromatic rings. The maximum atomic E-state index is 13.5. The molecular weight excluding hydrogens is 505 g/mol. The van der Waals surface area contributed by atoms with E-state index in [9.17, 15) is 14.4 Å². The minimum Gasteiger partial charge on any atom is -0.490 e. The van der Waals surface area contributed by atoms with Crippen LogP contribution < -0.4 is 9.64 Å². The van der Waals surface area contributed by atoms with Crippen LogP contribution in [0.2, 0.25) is 10.0 Å². The van der Waals surface area contributed by atoms with Crippen LogP contribution in [-0.2, 0) is 19.1 Å². The number of amides is 2. The molecule has 1 aliphatic heterocycles. The molecule has 2 aromatic carbocycles. The maximum Gasteiger partial charge on any atom is 0.422 e. The summed E-state index contributed by atoms with van der Waals surface area (Å²) in [6.07, 6.45) is 1.92. The van der Waals surface area contributed by atoms with E-state index in [4.69, 9.17) is 37.4 Å². The second kappa shape index (κ2) is 11.4. The second-order valence-electron chi connectivity index (χ2n) is 9.29. The molecule has 0 aromatic heterocycles. The number of ether oxygens (including phenoxy) is 3. The molecule has 0 fully saturated rings. The summed E-state index contributed by atoms with van der Waals surface area (Å²) in [5, 5.41) is 0.821. The lowest BCUT2D eigenvalue weighted by atomic mass is 10.0. The monoisotopic (exact) mass is 533 g/mol. The van der Waals surface area contributed by atoms with Gasteiger partial charge in [-0.05, 0) is 70.0 Å². The Morgan fingerprint density at radius 2 is 1.75 bits per heavy atom. The molecule has 2 amide bonds. The van der Waals surface area contributed by atoms with Gasteiger partial charge < -0.3 is 14.2 Å². The number of esters is 1. The van der Waals surface area contributed by atoms with Gasteiger partial charge in [-0.3, -0.25) is 9.59 Å². The van der Waals surface area contributed by atoms with Crippen LogP contribution in [0.3, 0.4) is 0 Å². The summed E-state index contributed by atoms with van der Waals surface area (Å²) >= 11 is 12.5. The molecule has 7 nitrogen and oxygen atoms in total. The smallest absolute Gasteiger partial charge is 0.422 e. The number of anilines is 1. The molecule has 0 N–H and O–H groups in total. The highest BCUT2D eigenvalue weighted by Crippen LogP contribution is 2.41. The Labute approximate surface area is 220 Å². The van der Waals surface area contributed by atoms with E-state index in [1.807, 2.05) is 6.92 Å². The van der Waals surface area contributed by atoms with Crippen molar-refractivity contribution in [2.24, 2.45) is 0 Å². The standard InChI is InChI=1S/C27H29Cl2NO6/c1-6-19(9-12-24(31)34-5)35-23-11-8-17(28)13-16(23)14-21-20-10-7-18(29)15-22(20)30(25(21)32)26(33)36-27(2,3)4/h7-8,10-11,13-15,19H,6,9,12H2,1-5H3/b21-14-. The number of nitrogens with zero attached hydrogens (tertiary/aromatic N) is 1. The highest BCUT2D eigenvalue weighted by Gasteiger charge is 2.39. The Bertz CT molecular complexity index is 1200. The van der Waals surface area contributed by atoms with Gasteiger partial charge in [0, 0.05) is 27.6 Å². The molecular formula is C27H29Cl2NO6. The first-order chi connectivity index (χ1) is 16.9. The molecule has 0 radical (unpaired) electrons.